The second kappa shape index (κ2) is 11.1. The average molecular weight is 582 g/mol. The third-order valence-electron chi connectivity index (χ3n) is 7.08. The number of halogens is 3. The summed E-state index contributed by atoms with van der Waals surface area (Å²) in [7, 11) is 1.79. The number of carbonyl (C=O) groups is 3. The van der Waals surface area contributed by atoms with Crippen molar-refractivity contribution in [1.82, 2.24) is 19.4 Å². The minimum Gasteiger partial charge on any atom is -0.465 e. The van der Waals surface area contributed by atoms with Crippen LogP contribution in [0.25, 0.3) is 10.9 Å². The zero-order chi connectivity index (χ0) is 30.2. The van der Waals surface area contributed by atoms with Gasteiger partial charge in [0, 0.05) is 55.3 Å². The molecule has 13 heteroatoms. The zero-order valence-electron chi connectivity index (χ0n) is 22.6. The summed E-state index contributed by atoms with van der Waals surface area (Å²) in [4.78, 5) is 44.2. The van der Waals surface area contributed by atoms with Crippen LogP contribution < -0.4 is 10.1 Å². The number of hydrogen-bond acceptors (Lipinski definition) is 5. The molecule has 5 rings (SSSR count). The molecule has 2 aromatic carbocycles. The van der Waals surface area contributed by atoms with Crippen LogP contribution in [0.5, 0.6) is 11.6 Å². The molecular formula is C29H26F3N5O5. The largest absolute Gasteiger partial charge is 0.465 e. The third kappa shape index (κ3) is 5.85. The quantitative estimate of drug-likeness (QED) is 0.323. The van der Waals surface area contributed by atoms with Gasteiger partial charge in [0.25, 0.3) is 11.8 Å². The van der Waals surface area contributed by atoms with Crippen molar-refractivity contribution >= 4 is 34.5 Å². The van der Waals surface area contributed by atoms with Crippen molar-refractivity contribution in [1.29, 1.82) is 0 Å². The molecule has 1 atom stereocenters. The summed E-state index contributed by atoms with van der Waals surface area (Å²) in [6.45, 7) is 2.61. The average Bonchev–Trinajstić information content (AvgIpc) is 3.28. The number of nitrogens with one attached hydrogen (secondary N) is 1. The number of ether oxygens (including phenoxy) is 1. The molecule has 0 spiro atoms. The van der Waals surface area contributed by atoms with Gasteiger partial charge in [0.2, 0.25) is 5.88 Å². The van der Waals surface area contributed by atoms with E-state index in [-0.39, 0.29) is 36.5 Å². The monoisotopic (exact) mass is 581 g/mol. The number of anilines is 1. The highest BCUT2D eigenvalue weighted by molar-refractivity contribution is 6.04. The molecule has 1 aliphatic rings. The van der Waals surface area contributed by atoms with Crippen LogP contribution in [0.1, 0.15) is 33.3 Å². The molecule has 218 valence electrons. The van der Waals surface area contributed by atoms with Crippen LogP contribution in [0.4, 0.5) is 23.7 Å². The smallest absolute Gasteiger partial charge is 0.416 e. The Labute approximate surface area is 237 Å². The van der Waals surface area contributed by atoms with Gasteiger partial charge in [-0.3, -0.25) is 9.59 Å². The number of aromatic nitrogens is 2. The number of amides is 3. The molecule has 0 saturated carbocycles. The number of pyridine rings is 1. The lowest BCUT2D eigenvalue weighted by Gasteiger charge is -2.38. The fraction of sp³-hybridized carbons (Fsp3) is 0.241. The van der Waals surface area contributed by atoms with Crippen molar-refractivity contribution in [3.63, 3.8) is 0 Å². The van der Waals surface area contributed by atoms with Gasteiger partial charge < -0.3 is 29.5 Å². The van der Waals surface area contributed by atoms with E-state index in [0.717, 1.165) is 35.2 Å². The number of fused-ring (bicyclic) bond motifs is 1. The van der Waals surface area contributed by atoms with Crippen molar-refractivity contribution in [2.45, 2.75) is 19.1 Å². The number of alkyl halides is 3. The predicted octanol–water partition coefficient (Wildman–Crippen LogP) is 5.46. The minimum atomic E-state index is -4.49. The van der Waals surface area contributed by atoms with E-state index in [1.54, 1.807) is 40.8 Å². The Hall–Kier alpha value is -5.07. The van der Waals surface area contributed by atoms with E-state index in [1.165, 1.54) is 17.2 Å². The predicted molar refractivity (Wildman–Crippen MR) is 147 cm³/mol. The van der Waals surface area contributed by atoms with Gasteiger partial charge in [-0.25, -0.2) is 9.78 Å². The Morgan fingerprint density at radius 2 is 1.76 bits per heavy atom. The normalized spacial score (nSPS) is 15.5. The number of hydrogen-bond donors (Lipinski definition) is 2. The van der Waals surface area contributed by atoms with Crippen molar-refractivity contribution in [3.8, 4) is 11.6 Å². The topological polar surface area (TPSA) is 117 Å². The summed E-state index contributed by atoms with van der Waals surface area (Å²) in [5, 5.41) is 12.6. The van der Waals surface area contributed by atoms with E-state index >= 15 is 0 Å². The number of rotatable bonds is 5. The Balaban J connectivity index is 1.25. The van der Waals surface area contributed by atoms with E-state index in [1.807, 2.05) is 13.0 Å². The summed E-state index contributed by atoms with van der Waals surface area (Å²) in [5.74, 6) is -0.0784. The first-order chi connectivity index (χ1) is 19.9. The van der Waals surface area contributed by atoms with Crippen LogP contribution in [0, 0.1) is 0 Å². The second-order valence-corrected chi connectivity index (χ2v) is 9.90. The van der Waals surface area contributed by atoms with Gasteiger partial charge in [-0.05, 0) is 61.5 Å². The lowest BCUT2D eigenvalue weighted by atomic mass is 10.1. The molecule has 1 fully saturated rings. The first kappa shape index (κ1) is 28.5. The number of carboxylic acid groups (broad SMARTS) is 1. The molecule has 3 heterocycles. The number of nitrogens with zero attached hydrogens (tertiary/aromatic N) is 4. The highest BCUT2D eigenvalue weighted by Crippen LogP contribution is 2.30. The van der Waals surface area contributed by atoms with E-state index in [9.17, 15) is 32.7 Å². The first-order valence-electron chi connectivity index (χ1n) is 12.9. The summed E-state index contributed by atoms with van der Waals surface area (Å²) in [5.41, 5.74) is 0.812. The van der Waals surface area contributed by atoms with E-state index in [4.69, 9.17) is 4.74 Å². The molecule has 42 heavy (non-hydrogen) atoms. The minimum absolute atomic E-state index is 0.0642. The van der Waals surface area contributed by atoms with Crippen LogP contribution >= 0.6 is 0 Å². The molecular weight excluding hydrogens is 555 g/mol. The van der Waals surface area contributed by atoms with Crippen LogP contribution in [0.3, 0.4) is 0 Å². The molecule has 0 radical (unpaired) electrons. The summed E-state index contributed by atoms with van der Waals surface area (Å²) >= 11 is 0. The molecule has 0 bridgehead atoms. The van der Waals surface area contributed by atoms with Gasteiger partial charge in [-0.2, -0.15) is 13.2 Å². The van der Waals surface area contributed by atoms with Gasteiger partial charge in [0.15, 0.2) is 0 Å². The molecule has 10 nitrogen and oxygen atoms in total. The molecule has 0 aliphatic carbocycles. The fourth-order valence-electron chi connectivity index (χ4n) is 4.83. The highest BCUT2D eigenvalue weighted by atomic mass is 19.4. The Bertz CT molecular complexity index is 1650. The van der Waals surface area contributed by atoms with Crippen molar-refractivity contribution in [3.05, 3.63) is 83.7 Å². The van der Waals surface area contributed by atoms with E-state index < -0.39 is 23.7 Å². The van der Waals surface area contributed by atoms with Gasteiger partial charge in [-0.15, -0.1) is 0 Å². The zero-order valence-corrected chi connectivity index (χ0v) is 22.6. The maximum atomic E-state index is 13.3. The summed E-state index contributed by atoms with van der Waals surface area (Å²) in [6.07, 6.45) is -4.13. The number of carbonyl (C=O) groups excluding carboxylic acids is 2. The van der Waals surface area contributed by atoms with Crippen LogP contribution in [-0.4, -0.2) is 68.0 Å². The number of aryl methyl sites for hydroxylation is 1. The maximum absolute atomic E-state index is 13.3. The Morgan fingerprint density at radius 1 is 1.02 bits per heavy atom. The first-order valence-corrected chi connectivity index (χ1v) is 12.9. The highest BCUT2D eigenvalue weighted by Gasteiger charge is 2.32. The van der Waals surface area contributed by atoms with E-state index in [0.29, 0.717) is 23.7 Å². The summed E-state index contributed by atoms with van der Waals surface area (Å²) < 4.78 is 45.9. The third-order valence-corrected chi connectivity index (χ3v) is 7.08. The Kier molecular flexibility index (Phi) is 7.50. The lowest BCUT2D eigenvalue weighted by Crippen LogP contribution is -2.55. The Morgan fingerprint density at radius 3 is 2.38 bits per heavy atom. The van der Waals surface area contributed by atoms with Gasteiger partial charge >= 0.3 is 12.3 Å². The molecule has 3 amide bonds. The molecule has 4 aromatic rings. The van der Waals surface area contributed by atoms with Crippen LogP contribution in [0.2, 0.25) is 0 Å². The SMILES string of the molecule is C[C@H]1CN(C(=O)O)CCN1C(=O)c1cc2cc(Oc3ccc(NC(=O)c4ccc(C(F)(F)F)cc4)cn3)ccc2n1C. The lowest BCUT2D eigenvalue weighted by molar-refractivity contribution is -0.137. The van der Waals surface area contributed by atoms with Gasteiger partial charge in [0.05, 0.1) is 17.4 Å². The molecule has 2 N–H and O–H groups in total. The number of piperazine rings is 1. The van der Waals surface area contributed by atoms with Crippen LogP contribution in [-0.2, 0) is 13.2 Å². The van der Waals surface area contributed by atoms with Crippen LogP contribution in [0.15, 0.2) is 66.9 Å². The van der Waals surface area contributed by atoms with Crippen molar-refractivity contribution < 1.29 is 37.4 Å². The molecule has 0 unspecified atom stereocenters. The van der Waals surface area contributed by atoms with Gasteiger partial charge in [0.1, 0.15) is 11.4 Å². The van der Waals surface area contributed by atoms with Gasteiger partial charge in [-0.1, -0.05) is 0 Å². The maximum Gasteiger partial charge on any atom is 0.416 e. The molecule has 1 aliphatic heterocycles. The second-order valence-electron chi connectivity index (χ2n) is 9.90. The van der Waals surface area contributed by atoms with Crippen molar-refractivity contribution in [2.24, 2.45) is 7.05 Å². The molecule has 2 aromatic heterocycles. The van der Waals surface area contributed by atoms with E-state index in [2.05, 4.69) is 10.3 Å². The molecule has 1 saturated heterocycles. The van der Waals surface area contributed by atoms with Crippen molar-refractivity contribution in [2.75, 3.05) is 25.0 Å². The standard InChI is InChI=1S/C29H26F3N5O5/c1-17-16-36(28(40)41)11-12-37(17)27(39)24-14-19-13-22(8-9-23(19)35(24)2)42-25-10-7-21(15-33-25)34-26(38)18-3-5-20(6-4-18)29(30,31)32/h3-10,13-15,17H,11-12,16H2,1-2H3,(H,34,38)(H,40,41)/t17-/m0/s1. The fourth-order valence-corrected chi connectivity index (χ4v) is 4.83. The number of benzene rings is 2. The summed E-state index contributed by atoms with van der Waals surface area (Å²) in [6, 6.07) is 13.8.